The Kier molecular flexibility index (Phi) is 53.3. The number of thiol groups is 2. The number of primary amides is 1. The SMILES string of the molecule is CSCC[C@H](NC(=O)[C@H](CC(C)C)NC(=O)[C@H](C)NC(=O)[C@H](CCCNC(=N)N)NC(=O)[C@@H]1CCCN1C(=O)[C@H](CC(C)C)NC(=O)[C@H](Cc1cnc[nH]1)NC(=O)[C@@H]1CCCN1C(=O)[C@H](Cc1cnc[nH]1)NC(=O)[C@@H](NC(=O)[C@@H](NC(=O)[C@H](CCCNC(=N)N)NC(=O)CNC(=O)[C@H](CCC(N)=O)NC(=O)[C@@H](N)CS)C(C)C)[C@@H](C)O)C(=O)N[C@@H](CCCNC(=N)N)C(=O)N[C@@H](CO)C(=O)N[C@@H](CS)C(=O)O. The molecule has 2 aliphatic heterocycles. The summed E-state index contributed by atoms with van der Waals surface area (Å²) >= 11 is 9.22. The first-order valence-corrected chi connectivity index (χ1v) is 49.3. The van der Waals surface area contributed by atoms with E-state index in [0.29, 0.717) is 11.4 Å². The highest BCUT2D eigenvalue weighted by Crippen LogP contribution is 2.25. The Morgan fingerprint density at radius 1 is 0.458 bits per heavy atom. The van der Waals surface area contributed by atoms with Gasteiger partial charge in [-0.15, -0.1) is 0 Å². The van der Waals surface area contributed by atoms with Crippen LogP contribution >= 0.6 is 37.0 Å². The molecule has 36 N–H and O–H groups in total. The quantitative estimate of drug-likeness (QED) is 0.0127. The van der Waals surface area contributed by atoms with E-state index in [1.54, 1.807) is 34.0 Å². The van der Waals surface area contributed by atoms with Crippen LogP contribution in [0.15, 0.2) is 25.0 Å². The van der Waals surface area contributed by atoms with E-state index >= 15 is 14.4 Å². The minimum absolute atomic E-state index is 0.0170. The fraction of sp³-hybridized carbons (Fsp3) is 0.671. The van der Waals surface area contributed by atoms with Gasteiger partial charge in [-0.05, 0) is 134 Å². The first-order valence-electron chi connectivity index (χ1n) is 46.6. The van der Waals surface area contributed by atoms with Gasteiger partial charge < -0.3 is 159 Å². The van der Waals surface area contributed by atoms with Crippen molar-refractivity contribution >= 4 is 167 Å². The van der Waals surface area contributed by atoms with E-state index in [0.717, 1.165) is 6.92 Å². The highest BCUT2D eigenvalue weighted by molar-refractivity contribution is 7.98. The topological polar surface area (TPSA) is 867 Å². The molecule has 18 atom stereocenters. The van der Waals surface area contributed by atoms with Gasteiger partial charge in [-0.1, -0.05) is 41.5 Å². The normalized spacial score (nSPS) is 16.7. The van der Waals surface area contributed by atoms with Crippen molar-refractivity contribution in [2.75, 3.05) is 69.4 Å². The number of aromatic amines is 2. The molecule has 2 aromatic heterocycles. The number of guanidine groups is 3. The number of likely N-dealkylation sites (tertiary alicyclic amines) is 2. The Labute approximate surface area is 836 Å². The Bertz CT molecular complexity index is 4600. The van der Waals surface area contributed by atoms with Gasteiger partial charge in [0.05, 0.1) is 38.0 Å². The molecule has 0 spiro atoms. The highest BCUT2D eigenvalue weighted by atomic mass is 32.2. The molecular formula is C85H144N32O22S3. The lowest BCUT2D eigenvalue weighted by Gasteiger charge is -2.32. The minimum Gasteiger partial charge on any atom is -0.480 e. The van der Waals surface area contributed by atoms with Crippen LogP contribution in [0.2, 0.25) is 0 Å². The molecule has 0 aliphatic carbocycles. The maximum absolute atomic E-state index is 15.2. The smallest absolute Gasteiger partial charge is 0.327 e. The summed E-state index contributed by atoms with van der Waals surface area (Å²) in [6, 6.07) is -24.8. The molecule has 142 heavy (non-hydrogen) atoms. The highest BCUT2D eigenvalue weighted by Gasteiger charge is 2.45. The number of H-pyrrole nitrogens is 2. The number of amides is 18. The van der Waals surface area contributed by atoms with Crippen LogP contribution in [-0.4, -0.2) is 353 Å². The molecule has 0 radical (unpaired) electrons. The maximum atomic E-state index is 15.2. The number of carboxylic acids is 1. The van der Waals surface area contributed by atoms with Crippen molar-refractivity contribution in [3.05, 3.63) is 36.4 Å². The van der Waals surface area contributed by atoms with Crippen molar-refractivity contribution in [2.45, 2.75) is 273 Å². The van der Waals surface area contributed by atoms with Crippen LogP contribution in [0.5, 0.6) is 0 Å². The van der Waals surface area contributed by atoms with Gasteiger partial charge in [0.2, 0.25) is 106 Å². The third-order valence-electron chi connectivity index (χ3n) is 22.6. The van der Waals surface area contributed by atoms with E-state index in [9.17, 15) is 92.0 Å². The van der Waals surface area contributed by atoms with Crippen molar-refractivity contribution in [1.82, 2.24) is 125 Å². The fourth-order valence-electron chi connectivity index (χ4n) is 15.0. The number of nitrogens with zero attached hydrogens (tertiary/aromatic N) is 4. The zero-order valence-corrected chi connectivity index (χ0v) is 83.7. The van der Waals surface area contributed by atoms with E-state index in [1.807, 2.05) is 0 Å². The van der Waals surface area contributed by atoms with Crippen molar-refractivity contribution in [3.63, 3.8) is 0 Å². The number of aliphatic hydroxyl groups excluding tert-OH is 2. The van der Waals surface area contributed by atoms with Gasteiger partial charge >= 0.3 is 5.97 Å². The number of carboxylic acid groups (broad SMARTS) is 1. The van der Waals surface area contributed by atoms with Crippen LogP contribution < -0.4 is 124 Å². The summed E-state index contributed by atoms with van der Waals surface area (Å²) < 4.78 is 0. The lowest BCUT2D eigenvalue weighted by Crippen LogP contribution is -2.62. The predicted molar refractivity (Wildman–Crippen MR) is 524 cm³/mol. The van der Waals surface area contributed by atoms with Gasteiger partial charge in [-0.3, -0.25) is 103 Å². The number of rotatable bonds is 64. The summed E-state index contributed by atoms with van der Waals surface area (Å²) in [5.74, 6) is -20.5. The van der Waals surface area contributed by atoms with Crippen LogP contribution in [0.1, 0.15) is 163 Å². The summed E-state index contributed by atoms with van der Waals surface area (Å²) in [7, 11) is 0. The van der Waals surface area contributed by atoms with Crippen LogP contribution in [-0.2, 0) is 104 Å². The first kappa shape index (κ1) is 121. The van der Waals surface area contributed by atoms with Crippen molar-refractivity contribution < 1.29 is 106 Å². The maximum Gasteiger partial charge on any atom is 0.327 e. The molecule has 0 bridgehead atoms. The van der Waals surface area contributed by atoms with E-state index in [4.69, 9.17) is 44.9 Å². The molecular weight excluding hydrogens is 1920 g/mol. The lowest BCUT2D eigenvalue weighted by atomic mass is 10.0. The predicted octanol–water partition coefficient (Wildman–Crippen LogP) is -9.98. The monoisotopic (exact) mass is 2060 g/mol. The summed E-state index contributed by atoms with van der Waals surface area (Å²) in [5.41, 5.74) is 28.1. The summed E-state index contributed by atoms with van der Waals surface area (Å²) in [6.45, 7) is 10.8. The number of carbonyl (C=O) groups excluding carboxylic acids is 18. The second-order valence-corrected chi connectivity index (χ2v) is 37.3. The molecule has 57 heteroatoms. The minimum atomic E-state index is -1.86. The third-order valence-corrected chi connectivity index (χ3v) is 24.0. The molecule has 794 valence electrons. The van der Waals surface area contributed by atoms with E-state index in [-0.39, 0.29) is 171 Å². The van der Waals surface area contributed by atoms with E-state index in [1.165, 1.54) is 67.4 Å². The summed E-state index contributed by atoms with van der Waals surface area (Å²) in [6.07, 6.45) is 4.44. The molecule has 2 fully saturated rings. The number of nitrogens with one attached hydrogen (secondary N) is 23. The summed E-state index contributed by atoms with van der Waals surface area (Å²) in [4.78, 5) is 282. The van der Waals surface area contributed by atoms with Gasteiger partial charge in [0.1, 0.15) is 96.7 Å². The van der Waals surface area contributed by atoms with E-state index in [2.05, 4.69) is 141 Å². The van der Waals surface area contributed by atoms with Crippen LogP contribution in [0.25, 0.3) is 0 Å². The first-order chi connectivity index (χ1) is 67.0. The zero-order chi connectivity index (χ0) is 106. The molecule has 4 rings (SSSR count). The number of thioether (sulfide) groups is 1. The van der Waals surface area contributed by atoms with Crippen molar-refractivity contribution in [1.29, 1.82) is 16.2 Å². The molecule has 2 aliphatic rings. The van der Waals surface area contributed by atoms with Crippen molar-refractivity contribution in [2.24, 2.45) is 46.4 Å². The van der Waals surface area contributed by atoms with Crippen molar-refractivity contribution in [3.8, 4) is 0 Å². The van der Waals surface area contributed by atoms with Gasteiger partial charge in [-0.2, -0.15) is 37.0 Å². The number of carbonyl (C=O) groups is 19. The summed E-state index contributed by atoms with van der Waals surface area (Å²) in [5, 5.41) is 99.5. The Morgan fingerprint density at radius 2 is 0.852 bits per heavy atom. The number of aliphatic carboxylic acids is 1. The second kappa shape index (κ2) is 62.4. The molecule has 4 heterocycles. The Morgan fingerprint density at radius 3 is 1.31 bits per heavy atom. The second-order valence-electron chi connectivity index (χ2n) is 35.6. The number of aromatic nitrogens is 4. The largest absolute Gasteiger partial charge is 0.480 e. The average molecular weight is 2060 g/mol. The number of hydrogen-bond donors (Lipinski definition) is 33. The molecule has 0 saturated carbocycles. The molecule has 2 saturated heterocycles. The zero-order valence-electron chi connectivity index (χ0n) is 81.1. The van der Waals surface area contributed by atoms with Crippen LogP contribution in [0.4, 0.5) is 0 Å². The van der Waals surface area contributed by atoms with Gasteiger partial charge in [-0.25, -0.2) is 14.8 Å². The van der Waals surface area contributed by atoms with Gasteiger partial charge in [0, 0.05) is 87.3 Å². The van der Waals surface area contributed by atoms with E-state index < -0.39 is 258 Å². The molecule has 0 unspecified atom stereocenters. The Balaban J connectivity index is 1.57. The third kappa shape index (κ3) is 42.5. The molecule has 2 aromatic rings. The van der Waals surface area contributed by atoms with Gasteiger partial charge in [0.15, 0.2) is 17.9 Å². The number of imidazole rings is 2. The Hall–Kier alpha value is -12.9. The average Bonchev–Trinajstić information content (AvgIpc) is 1.64. The number of hydrogen-bond acceptors (Lipinski definition) is 30. The van der Waals surface area contributed by atoms with Crippen LogP contribution in [0.3, 0.4) is 0 Å². The number of nitrogens with two attached hydrogens (primary N) is 5. The molecule has 18 amide bonds. The number of aliphatic hydroxyl groups is 2. The lowest BCUT2D eigenvalue weighted by molar-refractivity contribution is -0.144. The standard InChI is InChI=1S/C85H144N32O22S3/c1-41(2)29-54(73(129)106-53(22-28-142-9)71(127)105-51(17-12-25-98-85(92)93)70(126)112-58(36-118)75(131)113-59(38-141)82(138)139)108-66(122)44(7)102-69(125)50(16-11-24-97-84(90)91)107-76(132)60-18-13-26-116(60)80(136)56(30-42(3)4)110-74(130)55(31-46-33-94-39-100-46)109-77(133)61-19-14-27-117(61)81(137)57(32-47-34-95-40-101-47)111-79(135)65(45(8)119)115-78(134)64(43(5)6)114-72(128)49(15-10-23-96-83(88)89)103-63(121)35-99-68(124)52(20-21-62(87)120)104-67(123)48(86)37-140/h33-34,39-45,48-61,64-65,118-119,140-141H,10-32,35-38,86H2,1-9H3,(H2,87,120)(H,94,100)(H,95,101)(H,99,124)(H,102,125)(H,103,121)(H,104,123)(H,105,127)(H,106,129)(H,107,132)(H,108,122)(H,109,133)(H,110,130)(H,111,135)(H,112,126)(H,113,131)(H,114,128)(H,115,134)(H,138,139)(H4,88,89,96)(H4,90,91,97)(H4,92,93,98)/t44-,45+,48-,49-,50-,51-,52-,53-,54-,55-,56-,57-,58-,59-,60-,61-,64-,65-/m0/s1. The molecule has 0 aromatic carbocycles. The van der Waals surface area contributed by atoms with Crippen LogP contribution in [0, 0.1) is 34.0 Å². The fourth-order valence-corrected chi connectivity index (χ4v) is 15.9. The molecule has 54 nitrogen and oxygen atoms in total. The van der Waals surface area contributed by atoms with Gasteiger partial charge in [0.25, 0.3) is 0 Å².